The smallest absolute Gasteiger partial charge is 0.311 e. The monoisotopic (exact) mass is 458 g/mol. The molecule has 0 radical (unpaired) electrons. The third-order valence-electron chi connectivity index (χ3n) is 6.35. The number of ether oxygens (including phenoxy) is 2. The van der Waals surface area contributed by atoms with Gasteiger partial charge >= 0.3 is 5.97 Å². The molecule has 1 aromatic rings. The number of allylic oxidation sites excluding steroid dienone is 2. The Balaban J connectivity index is 1.81. The van der Waals surface area contributed by atoms with Gasteiger partial charge in [0.2, 0.25) is 5.91 Å². The second kappa shape index (κ2) is 14.0. The highest BCUT2D eigenvalue weighted by Gasteiger charge is 2.34. The number of nitrogens with two attached hydrogens (primary N) is 1. The summed E-state index contributed by atoms with van der Waals surface area (Å²) >= 11 is 0. The molecule has 1 saturated carbocycles. The van der Waals surface area contributed by atoms with Crippen molar-refractivity contribution in [2.24, 2.45) is 17.1 Å². The minimum absolute atomic E-state index is 0.0388. The standard InChI is InChI=1S/C27H42N2O4/c1-21(2)11-7-4-5-8-12-25(30)29-19-22-13-14-23(24(17-22)32-3)33-26(31)18-27(20-28)15-9-6-10-16-27/h7,11,13-14,17,21H,4-6,8-10,12,15-16,18-20,28H2,1-3H3,(H,29,30)/b11-7+. The molecule has 1 aliphatic carbocycles. The summed E-state index contributed by atoms with van der Waals surface area (Å²) in [7, 11) is 1.55. The van der Waals surface area contributed by atoms with Gasteiger partial charge in [0.1, 0.15) is 0 Å². The topological polar surface area (TPSA) is 90.6 Å². The van der Waals surface area contributed by atoms with E-state index in [-0.39, 0.29) is 17.3 Å². The molecule has 1 aromatic carbocycles. The van der Waals surface area contributed by atoms with E-state index in [1.165, 1.54) is 6.42 Å². The van der Waals surface area contributed by atoms with Gasteiger partial charge in [-0.1, -0.05) is 51.3 Å². The number of benzene rings is 1. The Hall–Kier alpha value is -2.34. The average molecular weight is 459 g/mol. The Kier molecular flexibility index (Phi) is 11.4. The van der Waals surface area contributed by atoms with Crippen LogP contribution in [0.1, 0.15) is 83.6 Å². The highest BCUT2D eigenvalue weighted by Crippen LogP contribution is 2.39. The maximum atomic E-state index is 12.6. The van der Waals surface area contributed by atoms with E-state index in [1.54, 1.807) is 19.2 Å². The highest BCUT2D eigenvalue weighted by molar-refractivity contribution is 5.76. The Morgan fingerprint density at radius 1 is 1.15 bits per heavy atom. The third kappa shape index (κ3) is 9.58. The first-order valence-corrected chi connectivity index (χ1v) is 12.4. The minimum Gasteiger partial charge on any atom is -0.493 e. The van der Waals surface area contributed by atoms with Crippen LogP contribution >= 0.6 is 0 Å². The first-order valence-electron chi connectivity index (χ1n) is 12.4. The van der Waals surface area contributed by atoms with Crippen molar-refractivity contribution in [3.05, 3.63) is 35.9 Å². The van der Waals surface area contributed by atoms with E-state index in [1.807, 2.05) is 6.07 Å². The molecule has 2 rings (SSSR count). The van der Waals surface area contributed by atoms with Crippen LogP contribution in [0.15, 0.2) is 30.4 Å². The van der Waals surface area contributed by atoms with Gasteiger partial charge in [0.05, 0.1) is 13.5 Å². The number of unbranched alkanes of at least 4 members (excludes halogenated alkanes) is 2. The Labute approximate surface area is 199 Å². The van der Waals surface area contributed by atoms with Crippen LogP contribution in [0.4, 0.5) is 0 Å². The number of methoxy groups -OCH3 is 1. The van der Waals surface area contributed by atoms with Gasteiger partial charge in [-0.2, -0.15) is 0 Å². The zero-order valence-electron chi connectivity index (χ0n) is 20.7. The van der Waals surface area contributed by atoms with E-state index in [0.29, 0.717) is 43.3 Å². The van der Waals surface area contributed by atoms with Gasteiger partial charge in [-0.15, -0.1) is 0 Å². The fourth-order valence-electron chi connectivity index (χ4n) is 4.33. The van der Waals surface area contributed by atoms with Crippen LogP contribution in [-0.4, -0.2) is 25.5 Å². The molecule has 0 spiro atoms. The molecular weight excluding hydrogens is 416 g/mol. The summed E-state index contributed by atoms with van der Waals surface area (Å²) in [4.78, 5) is 24.7. The van der Waals surface area contributed by atoms with Gasteiger partial charge in [-0.05, 0) is 67.7 Å². The summed E-state index contributed by atoms with van der Waals surface area (Å²) in [6.07, 6.45) is 13.5. The molecule has 184 valence electrons. The molecule has 0 heterocycles. The van der Waals surface area contributed by atoms with Crippen LogP contribution in [0.5, 0.6) is 11.5 Å². The second-order valence-electron chi connectivity index (χ2n) is 9.60. The SMILES string of the molecule is COc1cc(CNC(=O)CCCC/C=C/C(C)C)ccc1OC(=O)CC1(CN)CCCCC1. The summed E-state index contributed by atoms with van der Waals surface area (Å²) in [6, 6.07) is 5.38. The summed E-state index contributed by atoms with van der Waals surface area (Å²) in [6.45, 7) is 5.23. The van der Waals surface area contributed by atoms with Gasteiger partial charge in [0.25, 0.3) is 0 Å². The molecule has 33 heavy (non-hydrogen) atoms. The fraction of sp³-hybridized carbons (Fsp3) is 0.630. The molecule has 0 unspecified atom stereocenters. The maximum absolute atomic E-state index is 12.6. The molecule has 0 atom stereocenters. The van der Waals surface area contributed by atoms with Crippen LogP contribution in [-0.2, 0) is 16.1 Å². The van der Waals surface area contributed by atoms with Crippen LogP contribution < -0.4 is 20.5 Å². The number of carbonyl (C=O) groups excluding carboxylic acids is 2. The zero-order valence-corrected chi connectivity index (χ0v) is 20.7. The summed E-state index contributed by atoms with van der Waals surface area (Å²) < 4.78 is 11.1. The molecule has 1 aliphatic rings. The molecule has 0 bridgehead atoms. The largest absolute Gasteiger partial charge is 0.493 e. The lowest BCUT2D eigenvalue weighted by Gasteiger charge is -2.35. The second-order valence-corrected chi connectivity index (χ2v) is 9.60. The van der Waals surface area contributed by atoms with Crippen LogP contribution in [0.25, 0.3) is 0 Å². The lowest BCUT2D eigenvalue weighted by atomic mass is 9.72. The van der Waals surface area contributed by atoms with E-state index in [9.17, 15) is 9.59 Å². The molecule has 3 N–H and O–H groups in total. The summed E-state index contributed by atoms with van der Waals surface area (Å²) in [5.41, 5.74) is 6.76. The average Bonchev–Trinajstić information content (AvgIpc) is 2.80. The van der Waals surface area contributed by atoms with E-state index in [4.69, 9.17) is 15.2 Å². The van der Waals surface area contributed by atoms with E-state index < -0.39 is 0 Å². The fourth-order valence-corrected chi connectivity index (χ4v) is 4.33. The summed E-state index contributed by atoms with van der Waals surface area (Å²) in [5.74, 6) is 1.22. The zero-order chi connectivity index (χ0) is 24.1. The minimum atomic E-state index is -0.273. The van der Waals surface area contributed by atoms with Gasteiger partial charge in [-0.25, -0.2) is 0 Å². The third-order valence-corrected chi connectivity index (χ3v) is 6.35. The number of esters is 1. The molecular formula is C27H42N2O4. The van der Waals surface area contributed by atoms with Gasteiger partial charge in [-0.3, -0.25) is 9.59 Å². The van der Waals surface area contributed by atoms with Crippen molar-refractivity contribution in [3.8, 4) is 11.5 Å². The highest BCUT2D eigenvalue weighted by atomic mass is 16.6. The number of nitrogens with one attached hydrogen (secondary N) is 1. The van der Waals surface area contributed by atoms with E-state index in [2.05, 4.69) is 31.3 Å². The molecule has 0 saturated heterocycles. The predicted octanol–water partition coefficient (Wildman–Crippen LogP) is 5.29. The van der Waals surface area contributed by atoms with Crippen molar-refractivity contribution in [2.75, 3.05) is 13.7 Å². The van der Waals surface area contributed by atoms with Crippen LogP contribution in [0, 0.1) is 11.3 Å². The molecule has 1 fully saturated rings. The maximum Gasteiger partial charge on any atom is 0.311 e. The Morgan fingerprint density at radius 3 is 2.58 bits per heavy atom. The number of rotatable bonds is 13. The van der Waals surface area contributed by atoms with Crippen molar-refractivity contribution in [1.29, 1.82) is 0 Å². The lowest BCUT2D eigenvalue weighted by Crippen LogP contribution is -2.36. The van der Waals surface area contributed by atoms with Crippen molar-refractivity contribution < 1.29 is 19.1 Å². The molecule has 1 amide bonds. The normalized spacial score (nSPS) is 15.5. The number of carbonyl (C=O) groups is 2. The predicted molar refractivity (Wildman–Crippen MR) is 132 cm³/mol. The molecule has 6 heteroatoms. The number of hydrogen-bond donors (Lipinski definition) is 2. The van der Waals surface area contributed by atoms with Crippen molar-refractivity contribution >= 4 is 11.9 Å². The van der Waals surface area contributed by atoms with Crippen molar-refractivity contribution in [1.82, 2.24) is 5.32 Å². The first kappa shape index (κ1) is 26.9. The van der Waals surface area contributed by atoms with Crippen molar-refractivity contribution in [2.45, 2.75) is 84.6 Å². The lowest BCUT2D eigenvalue weighted by molar-refractivity contribution is -0.137. The number of amides is 1. The Bertz CT molecular complexity index is 782. The molecule has 0 aliphatic heterocycles. The first-order chi connectivity index (χ1) is 15.9. The van der Waals surface area contributed by atoms with Crippen LogP contribution in [0.3, 0.4) is 0 Å². The van der Waals surface area contributed by atoms with Gasteiger partial charge < -0.3 is 20.5 Å². The molecule has 0 aromatic heterocycles. The van der Waals surface area contributed by atoms with Crippen molar-refractivity contribution in [3.63, 3.8) is 0 Å². The summed E-state index contributed by atoms with van der Waals surface area (Å²) in [5, 5.41) is 2.95. The van der Waals surface area contributed by atoms with Gasteiger partial charge in [0.15, 0.2) is 11.5 Å². The van der Waals surface area contributed by atoms with Gasteiger partial charge in [0, 0.05) is 13.0 Å². The van der Waals surface area contributed by atoms with E-state index in [0.717, 1.165) is 50.5 Å². The quantitative estimate of drug-likeness (QED) is 0.181. The molecule has 6 nitrogen and oxygen atoms in total. The number of hydrogen-bond acceptors (Lipinski definition) is 5. The Morgan fingerprint density at radius 2 is 1.91 bits per heavy atom. The van der Waals surface area contributed by atoms with Crippen LogP contribution in [0.2, 0.25) is 0 Å². The van der Waals surface area contributed by atoms with E-state index >= 15 is 0 Å².